The van der Waals surface area contributed by atoms with E-state index in [2.05, 4.69) is 91.4 Å². The van der Waals surface area contributed by atoms with Gasteiger partial charge in [0.25, 0.3) is 0 Å². The highest BCUT2D eigenvalue weighted by Gasteiger charge is 2.30. The molecule has 0 fully saturated rings. The van der Waals surface area contributed by atoms with Crippen molar-refractivity contribution in [2.24, 2.45) is 0 Å². The van der Waals surface area contributed by atoms with E-state index in [-0.39, 0.29) is 33.8 Å². The molecule has 0 spiro atoms. The van der Waals surface area contributed by atoms with Crippen molar-refractivity contribution >= 4 is 63.7 Å². The van der Waals surface area contributed by atoms with Crippen LogP contribution < -0.4 is 0 Å². The summed E-state index contributed by atoms with van der Waals surface area (Å²) < 4.78 is 2.54. The molecule has 4 aromatic carbocycles. The number of benzene rings is 4. The van der Waals surface area contributed by atoms with Gasteiger partial charge in [-0.1, -0.05) is 52.0 Å². The Morgan fingerprint density at radius 2 is 0.775 bits per heavy atom. The summed E-state index contributed by atoms with van der Waals surface area (Å²) in [7, 11) is 0. The van der Waals surface area contributed by atoms with Crippen molar-refractivity contribution in [3.8, 4) is 23.0 Å². The largest absolute Gasteiger partial charge is 0.508 e. The summed E-state index contributed by atoms with van der Waals surface area (Å²) >= 11 is 13.5. The quantitative estimate of drug-likeness (QED) is 0.157. The molecule has 0 amide bonds. The zero-order valence-corrected chi connectivity index (χ0v) is 29.0. The van der Waals surface area contributed by atoms with Gasteiger partial charge in [0, 0.05) is 10.8 Å². The fraction of sp³-hybridized carbons (Fsp3) is 0.250. The van der Waals surface area contributed by atoms with Gasteiger partial charge in [0.15, 0.2) is 0 Å². The molecule has 0 atom stereocenters. The second-order valence-corrected chi connectivity index (χ2v) is 13.5. The van der Waals surface area contributed by atoms with Gasteiger partial charge in [0.2, 0.25) is 0 Å². The van der Waals surface area contributed by atoms with Gasteiger partial charge in [-0.15, -0.1) is 0 Å². The summed E-state index contributed by atoms with van der Waals surface area (Å²) in [6.07, 6.45) is 1.94. The van der Waals surface area contributed by atoms with Crippen LogP contribution in [0, 0.1) is 0 Å². The van der Waals surface area contributed by atoms with Gasteiger partial charge in [0.05, 0.1) is 17.9 Å². The number of aromatic hydroxyl groups is 4. The highest BCUT2D eigenvalue weighted by atomic mass is 79.9. The van der Waals surface area contributed by atoms with Gasteiger partial charge in [-0.05, 0) is 147 Å². The first kappa shape index (κ1) is 32.5. The SMILES string of the molecule is CC(C)(c1cc(Br)c(O)c(Br)c1)c1cc(Br)c(O)c(Br)c1.CCC(CC)(c1ccc(O)cc1)c1ccc(O)cc1. The Labute approximate surface area is 269 Å². The molecule has 0 aromatic heterocycles. The Balaban J connectivity index is 0.000000222. The highest BCUT2D eigenvalue weighted by molar-refractivity contribution is 9.11. The maximum absolute atomic E-state index is 9.85. The molecule has 0 aliphatic rings. The number of phenols is 4. The summed E-state index contributed by atoms with van der Waals surface area (Å²) in [5, 5.41) is 38.6. The second-order valence-electron chi connectivity index (χ2n) is 10.1. The van der Waals surface area contributed by atoms with Crippen molar-refractivity contribution < 1.29 is 20.4 Å². The molecule has 0 saturated carbocycles. The Bertz CT molecular complexity index is 1310. The zero-order valence-electron chi connectivity index (χ0n) is 22.6. The molecule has 0 unspecified atom stereocenters. The molecule has 0 radical (unpaired) electrons. The summed E-state index contributed by atoms with van der Waals surface area (Å²) in [6, 6.07) is 22.4. The van der Waals surface area contributed by atoms with E-state index < -0.39 is 0 Å². The van der Waals surface area contributed by atoms with Gasteiger partial charge in [-0.25, -0.2) is 0 Å². The van der Waals surface area contributed by atoms with Crippen LogP contribution in [0.1, 0.15) is 62.8 Å². The molecule has 0 aliphatic heterocycles. The predicted molar refractivity (Wildman–Crippen MR) is 177 cm³/mol. The van der Waals surface area contributed by atoms with Crippen molar-refractivity contribution in [3.05, 3.63) is 113 Å². The van der Waals surface area contributed by atoms with Crippen LogP contribution in [0.4, 0.5) is 0 Å². The number of rotatable bonds is 6. The van der Waals surface area contributed by atoms with E-state index in [4.69, 9.17) is 0 Å². The molecule has 212 valence electrons. The Hall–Kier alpha value is -2.00. The van der Waals surface area contributed by atoms with Crippen molar-refractivity contribution in [2.45, 2.75) is 51.4 Å². The molecule has 4 rings (SSSR count). The molecule has 4 nitrogen and oxygen atoms in total. The molecule has 0 heterocycles. The van der Waals surface area contributed by atoms with Crippen molar-refractivity contribution in [1.82, 2.24) is 0 Å². The standard InChI is InChI=1S/C17H20O2.C15H12Br4O2/c1-3-17(4-2,13-5-9-15(18)10-6-13)14-7-11-16(19)12-8-14;1-15(2,7-3-9(16)13(20)10(17)4-7)8-5-11(18)14(21)12(19)6-8/h5-12,18-19H,3-4H2,1-2H3;3-6,20-21H,1-2H3. The topological polar surface area (TPSA) is 80.9 Å². The van der Waals surface area contributed by atoms with E-state index in [1.54, 1.807) is 24.3 Å². The van der Waals surface area contributed by atoms with E-state index in [0.29, 0.717) is 17.9 Å². The van der Waals surface area contributed by atoms with Crippen molar-refractivity contribution in [1.29, 1.82) is 0 Å². The Kier molecular flexibility index (Phi) is 10.8. The van der Waals surface area contributed by atoms with Gasteiger partial charge in [-0.2, -0.15) is 0 Å². The lowest BCUT2D eigenvalue weighted by Gasteiger charge is -2.33. The van der Waals surface area contributed by atoms with Crippen LogP contribution in [0.15, 0.2) is 90.7 Å². The van der Waals surface area contributed by atoms with Crippen LogP contribution in [0.5, 0.6) is 23.0 Å². The average molecular weight is 800 g/mol. The predicted octanol–water partition coefficient (Wildman–Crippen LogP) is 10.7. The molecule has 4 aromatic rings. The third kappa shape index (κ3) is 6.89. The fourth-order valence-corrected chi connectivity index (χ4v) is 7.19. The first-order chi connectivity index (χ1) is 18.8. The maximum Gasteiger partial charge on any atom is 0.143 e. The molecule has 40 heavy (non-hydrogen) atoms. The van der Waals surface area contributed by atoms with Crippen LogP contribution in [0.3, 0.4) is 0 Å². The third-order valence-corrected chi connectivity index (χ3v) is 9.94. The second kappa shape index (κ2) is 13.3. The van der Waals surface area contributed by atoms with E-state index in [1.807, 2.05) is 48.5 Å². The monoisotopic (exact) mass is 796 g/mol. The van der Waals surface area contributed by atoms with Crippen LogP contribution in [0.25, 0.3) is 0 Å². The Morgan fingerprint density at radius 3 is 1.02 bits per heavy atom. The van der Waals surface area contributed by atoms with E-state index >= 15 is 0 Å². The number of hydrogen-bond donors (Lipinski definition) is 4. The first-order valence-corrected chi connectivity index (χ1v) is 15.9. The summed E-state index contributed by atoms with van der Waals surface area (Å²) in [6.45, 7) is 8.51. The summed E-state index contributed by atoms with van der Waals surface area (Å²) in [5.74, 6) is 0.941. The molecule has 0 saturated heterocycles. The fourth-order valence-electron chi connectivity index (χ4n) is 4.81. The molecule has 0 bridgehead atoms. The molecule has 8 heteroatoms. The number of halogens is 4. The summed E-state index contributed by atoms with van der Waals surface area (Å²) in [4.78, 5) is 0. The Morgan fingerprint density at radius 1 is 0.500 bits per heavy atom. The number of phenolic OH excluding ortho intramolecular Hbond substituents is 4. The molecule has 0 aliphatic carbocycles. The molecular formula is C32H32Br4O4. The van der Waals surface area contributed by atoms with Crippen molar-refractivity contribution in [3.63, 3.8) is 0 Å². The lowest BCUT2D eigenvalue weighted by Crippen LogP contribution is -2.25. The van der Waals surface area contributed by atoms with Crippen LogP contribution in [0.2, 0.25) is 0 Å². The van der Waals surface area contributed by atoms with Crippen LogP contribution >= 0.6 is 63.7 Å². The first-order valence-electron chi connectivity index (χ1n) is 12.7. The van der Waals surface area contributed by atoms with Crippen LogP contribution in [-0.4, -0.2) is 20.4 Å². The van der Waals surface area contributed by atoms with E-state index in [0.717, 1.165) is 24.0 Å². The normalized spacial score (nSPS) is 11.6. The molecule has 4 N–H and O–H groups in total. The van der Waals surface area contributed by atoms with Gasteiger partial charge < -0.3 is 20.4 Å². The van der Waals surface area contributed by atoms with Gasteiger partial charge in [0.1, 0.15) is 23.0 Å². The minimum Gasteiger partial charge on any atom is -0.508 e. The summed E-state index contributed by atoms with van der Waals surface area (Å²) in [5.41, 5.74) is 4.08. The minimum absolute atomic E-state index is 0.0681. The van der Waals surface area contributed by atoms with Crippen molar-refractivity contribution in [2.75, 3.05) is 0 Å². The molecular weight excluding hydrogens is 768 g/mol. The zero-order chi connectivity index (χ0) is 29.8. The lowest BCUT2D eigenvalue weighted by molar-refractivity contribution is 0.461. The van der Waals surface area contributed by atoms with E-state index in [9.17, 15) is 20.4 Å². The van der Waals surface area contributed by atoms with Gasteiger partial charge in [-0.3, -0.25) is 0 Å². The van der Waals surface area contributed by atoms with Gasteiger partial charge >= 0.3 is 0 Å². The maximum atomic E-state index is 9.85. The van der Waals surface area contributed by atoms with Crippen LogP contribution in [-0.2, 0) is 10.8 Å². The third-order valence-electron chi connectivity index (χ3n) is 7.52. The average Bonchev–Trinajstić information content (AvgIpc) is 2.92. The lowest BCUT2D eigenvalue weighted by atomic mass is 9.70. The highest BCUT2D eigenvalue weighted by Crippen LogP contribution is 2.43. The number of hydrogen-bond acceptors (Lipinski definition) is 4. The smallest absolute Gasteiger partial charge is 0.143 e. The minimum atomic E-state index is -0.308. The van der Waals surface area contributed by atoms with E-state index in [1.165, 1.54) is 11.1 Å².